The Morgan fingerprint density at radius 3 is 2.10 bits per heavy atom. The van der Waals surface area contributed by atoms with Crippen molar-refractivity contribution in [3.05, 3.63) is 69.8 Å². The molecule has 0 aromatic heterocycles. The van der Waals surface area contributed by atoms with Crippen molar-refractivity contribution in [3.63, 3.8) is 0 Å². The summed E-state index contributed by atoms with van der Waals surface area (Å²) >= 11 is 0. The summed E-state index contributed by atoms with van der Waals surface area (Å²) in [6.45, 7) is 4.96. The molecule has 1 aliphatic heterocycles. The van der Waals surface area contributed by atoms with Crippen molar-refractivity contribution in [2.24, 2.45) is 0 Å². The minimum absolute atomic E-state index is 0.0526. The summed E-state index contributed by atoms with van der Waals surface area (Å²) in [5.74, 6) is 0.584. The molecule has 5 nitrogen and oxygen atoms in total. The predicted octanol–water partition coefficient (Wildman–Crippen LogP) is 7.87. The summed E-state index contributed by atoms with van der Waals surface area (Å²) < 4.78 is 91.5. The van der Waals surface area contributed by atoms with Crippen LogP contribution in [-0.4, -0.2) is 35.8 Å². The first kappa shape index (κ1) is 29.8. The Morgan fingerprint density at radius 1 is 0.950 bits per heavy atom. The molecule has 1 amide bonds. The van der Waals surface area contributed by atoms with Gasteiger partial charge in [0.05, 0.1) is 29.9 Å². The topological polar surface area (TPSA) is 59.0 Å². The van der Waals surface area contributed by atoms with E-state index in [2.05, 4.69) is 0 Å². The van der Waals surface area contributed by atoms with Crippen molar-refractivity contribution in [1.29, 1.82) is 0 Å². The van der Waals surface area contributed by atoms with E-state index in [-0.39, 0.29) is 18.2 Å². The van der Waals surface area contributed by atoms with Crippen molar-refractivity contribution < 1.29 is 45.7 Å². The average Bonchev–Trinajstić information content (AvgIpc) is 3.15. The van der Waals surface area contributed by atoms with Gasteiger partial charge >= 0.3 is 18.4 Å². The van der Waals surface area contributed by atoms with Gasteiger partial charge in [-0.25, -0.2) is 4.79 Å². The van der Waals surface area contributed by atoms with Gasteiger partial charge in [0, 0.05) is 12.1 Å². The second-order valence-electron chi connectivity index (χ2n) is 10.8. The summed E-state index contributed by atoms with van der Waals surface area (Å²) in [6, 6.07) is 5.79. The van der Waals surface area contributed by atoms with Gasteiger partial charge < -0.3 is 14.6 Å². The first-order valence-electron chi connectivity index (χ1n) is 12.9. The number of hydrogen-bond donors (Lipinski definition) is 1. The fourth-order valence-electron chi connectivity index (χ4n) is 5.30. The summed E-state index contributed by atoms with van der Waals surface area (Å²) in [4.78, 5) is 14.3. The number of nitrogens with zero attached hydrogens (tertiary/aromatic N) is 1. The molecular formula is C29H31F6NO4. The Balaban J connectivity index is 1.71. The van der Waals surface area contributed by atoms with E-state index in [0.29, 0.717) is 36.3 Å². The third-order valence-corrected chi connectivity index (χ3v) is 7.50. The molecule has 11 heteroatoms. The van der Waals surface area contributed by atoms with Crippen LogP contribution in [0.5, 0.6) is 5.75 Å². The number of ether oxygens (including phenoxy) is 2. The molecule has 1 N–H and O–H groups in total. The second-order valence-corrected chi connectivity index (χ2v) is 10.8. The van der Waals surface area contributed by atoms with Crippen molar-refractivity contribution in [1.82, 2.24) is 4.90 Å². The smallest absolute Gasteiger partial charge is 0.416 e. The fraction of sp³-hybridized carbons (Fsp3) is 0.483. The van der Waals surface area contributed by atoms with Crippen LogP contribution in [0, 0.1) is 0 Å². The van der Waals surface area contributed by atoms with Crippen molar-refractivity contribution in [3.8, 4) is 5.75 Å². The minimum atomic E-state index is -5.01. The van der Waals surface area contributed by atoms with Crippen LogP contribution in [0.2, 0.25) is 0 Å². The quantitative estimate of drug-likeness (QED) is 0.359. The lowest BCUT2D eigenvalue weighted by atomic mass is 9.84. The third-order valence-electron chi connectivity index (χ3n) is 7.50. The van der Waals surface area contributed by atoms with Crippen LogP contribution < -0.4 is 4.74 Å². The Bertz CT molecular complexity index is 1280. The average molecular weight is 572 g/mol. The predicted molar refractivity (Wildman–Crippen MR) is 135 cm³/mol. The van der Waals surface area contributed by atoms with Crippen LogP contribution in [-0.2, 0) is 22.7 Å². The van der Waals surface area contributed by atoms with E-state index in [1.54, 1.807) is 32.9 Å². The monoisotopic (exact) mass is 571 g/mol. The Hall–Kier alpha value is -3.21. The molecular weight excluding hydrogens is 540 g/mol. The number of allylic oxidation sites excluding steroid dienone is 1. The van der Waals surface area contributed by atoms with Crippen LogP contribution in [0.1, 0.15) is 80.4 Å². The maximum Gasteiger partial charge on any atom is 0.416 e. The van der Waals surface area contributed by atoms with Gasteiger partial charge in [0.25, 0.3) is 0 Å². The zero-order valence-electron chi connectivity index (χ0n) is 22.5. The molecule has 1 unspecified atom stereocenters. The normalized spacial score (nSPS) is 20.7. The number of alkyl halides is 6. The van der Waals surface area contributed by atoms with E-state index in [4.69, 9.17) is 9.47 Å². The SMILES string of the molecule is COc1ccc(C(C)(C)O)cc1C1=C(CN2C(=O)O[C@H](c3cc(C(F)(F)F)cc(C(F)(F)F)c3)C2C)CCCC1. The van der Waals surface area contributed by atoms with Gasteiger partial charge in [-0.1, -0.05) is 6.07 Å². The highest BCUT2D eigenvalue weighted by Crippen LogP contribution is 2.43. The third kappa shape index (κ3) is 6.09. The number of halogens is 6. The molecule has 0 radical (unpaired) electrons. The molecule has 2 aliphatic rings. The molecule has 0 saturated carbocycles. The van der Waals surface area contributed by atoms with Gasteiger partial charge in [-0.05, 0) is 99.1 Å². The van der Waals surface area contributed by atoms with Crippen LogP contribution in [0.3, 0.4) is 0 Å². The Labute approximate surface area is 228 Å². The van der Waals surface area contributed by atoms with E-state index in [1.807, 2.05) is 6.07 Å². The van der Waals surface area contributed by atoms with Crippen LogP contribution in [0.15, 0.2) is 42.0 Å². The largest absolute Gasteiger partial charge is 0.496 e. The highest BCUT2D eigenvalue weighted by Gasteiger charge is 2.43. The van der Waals surface area contributed by atoms with Crippen LogP contribution in [0.4, 0.5) is 31.1 Å². The lowest BCUT2D eigenvalue weighted by molar-refractivity contribution is -0.143. The van der Waals surface area contributed by atoms with Gasteiger partial charge in [0.1, 0.15) is 11.9 Å². The maximum absolute atomic E-state index is 13.4. The molecule has 2 aromatic rings. The number of carbonyl (C=O) groups excluding carboxylic acids is 1. The Morgan fingerprint density at radius 2 is 1.55 bits per heavy atom. The molecule has 1 heterocycles. The van der Waals surface area contributed by atoms with Crippen molar-refractivity contribution in [2.75, 3.05) is 13.7 Å². The lowest BCUT2D eigenvalue weighted by Gasteiger charge is -2.28. The summed E-state index contributed by atoms with van der Waals surface area (Å²) in [5, 5.41) is 10.6. The number of methoxy groups -OCH3 is 1. The molecule has 1 saturated heterocycles. The summed E-state index contributed by atoms with van der Waals surface area (Å²) in [6.07, 6.45) is -9.15. The molecule has 1 aliphatic carbocycles. The van der Waals surface area contributed by atoms with E-state index >= 15 is 0 Å². The second kappa shape index (κ2) is 10.6. The highest BCUT2D eigenvalue weighted by molar-refractivity contribution is 5.77. The molecule has 1 fully saturated rings. The highest BCUT2D eigenvalue weighted by atomic mass is 19.4. The molecule has 0 bridgehead atoms. The molecule has 2 atom stereocenters. The van der Waals surface area contributed by atoms with Gasteiger partial charge in [-0.2, -0.15) is 26.3 Å². The van der Waals surface area contributed by atoms with E-state index in [9.17, 15) is 36.2 Å². The first-order valence-corrected chi connectivity index (χ1v) is 12.9. The van der Waals surface area contributed by atoms with Gasteiger partial charge in [0.2, 0.25) is 0 Å². The van der Waals surface area contributed by atoms with E-state index in [1.165, 1.54) is 12.0 Å². The number of benzene rings is 2. The number of hydrogen-bond acceptors (Lipinski definition) is 4. The van der Waals surface area contributed by atoms with Gasteiger partial charge in [-0.3, -0.25) is 4.90 Å². The standard InChI is InChI=1S/C29H31F6NO4/c1-16-25(18-11-20(28(30,31)32)13-21(12-18)29(33,34)35)40-26(37)36(16)15-17-7-5-6-8-22(17)23-14-19(27(2,3)38)9-10-24(23)39-4/h9-14,16,25,38H,5-8,15H2,1-4H3/t16?,25-/m0/s1. The number of rotatable bonds is 6. The lowest BCUT2D eigenvalue weighted by Crippen LogP contribution is -2.34. The minimum Gasteiger partial charge on any atom is -0.496 e. The van der Waals surface area contributed by atoms with Gasteiger partial charge in [0.15, 0.2) is 0 Å². The van der Waals surface area contributed by atoms with E-state index < -0.39 is 47.3 Å². The zero-order chi connectivity index (χ0) is 29.6. The molecule has 2 aromatic carbocycles. The van der Waals surface area contributed by atoms with Crippen LogP contribution in [0.25, 0.3) is 5.57 Å². The molecule has 4 rings (SSSR count). The zero-order valence-corrected chi connectivity index (χ0v) is 22.5. The summed E-state index contributed by atoms with van der Waals surface area (Å²) in [7, 11) is 1.53. The first-order chi connectivity index (χ1) is 18.5. The fourth-order valence-corrected chi connectivity index (χ4v) is 5.30. The molecule has 40 heavy (non-hydrogen) atoms. The van der Waals surface area contributed by atoms with Gasteiger partial charge in [-0.15, -0.1) is 0 Å². The Kier molecular flexibility index (Phi) is 7.92. The molecule has 218 valence electrons. The number of aliphatic hydroxyl groups is 1. The maximum atomic E-state index is 13.4. The van der Waals surface area contributed by atoms with Crippen molar-refractivity contribution >= 4 is 11.7 Å². The molecule has 0 spiro atoms. The van der Waals surface area contributed by atoms with Crippen molar-refractivity contribution in [2.45, 2.75) is 76.6 Å². The number of amides is 1. The van der Waals surface area contributed by atoms with E-state index in [0.717, 1.165) is 29.6 Å². The number of carbonyl (C=O) groups is 1. The number of cyclic esters (lactones) is 1. The summed E-state index contributed by atoms with van der Waals surface area (Å²) in [5.41, 5.74) is -1.16. The van der Waals surface area contributed by atoms with Crippen LogP contribution >= 0.6 is 0 Å².